The summed E-state index contributed by atoms with van der Waals surface area (Å²) < 4.78 is 29.9. The van der Waals surface area contributed by atoms with Gasteiger partial charge in [0.1, 0.15) is 41.9 Å². The second kappa shape index (κ2) is 23.7. The van der Waals surface area contributed by atoms with Crippen LogP contribution in [-0.2, 0) is 33.5 Å². The maximum atomic E-state index is 13.2. The van der Waals surface area contributed by atoms with Crippen LogP contribution in [0.2, 0.25) is 0 Å². The highest BCUT2D eigenvalue weighted by atomic mass is 19.1. The fourth-order valence-electron chi connectivity index (χ4n) is 6.65. The SMILES string of the molecule is CC.CC1CC(=O)N2CCCC2C(=O)N(C)C(C(C)O)C(=O)NC(C)C(=O)N2CCCC2C(=O)O1.Cc1cc(F)cc(F)c1.Cc1ccc(NC(=O)NCC(N)=O)cc1. The minimum atomic E-state index is -1.24. The molecule has 0 aromatic heterocycles. The predicted molar refractivity (Wildman–Crippen MR) is 215 cm³/mol. The molecule has 5 rings (SSSR count). The molecular formula is C41H59F2N7O9. The molecule has 3 heterocycles. The van der Waals surface area contributed by atoms with Gasteiger partial charge in [-0.25, -0.2) is 18.4 Å². The van der Waals surface area contributed by atoms with E-state index in [1.807, 2.05) is 32.9 Å². The Bertz CT molecular complexity index is 1730. The second-order valence-electron chi connectivity index (χ2n) is 14.3. The zero-order chi connectivity index (χ0) is 44.6. The summed E-state index contributed by atoms with van der Waals surface area (Å²) in [5.74, 6) is -4.11. The molecule has 6 atom stereocenters. The van der Waals surface area contributed by atoms with Crippen molar-refractivity contribution in [1.29, 1.82) is 0 Å². The highest BCUT2D eigenvalue weighted by molar-refractivity contribution is 5.96. The Morgan fingerprint density at radius 2 is 1.46 bits per heavy atom. The van der Waals surface area contributed by atoms with Crippen LogP contribution in [-0.4, -0.2) is 124 Å². The monoisotopic (exact) mass is 831 g/mol. The fraction of sp³-hybridized carbons (Fsp3) is 0.537. The number of benzene rings is 2. The van der Waals surface area contributed by atoms with Crippen molar-refractivity contribution in [3.8, 4) is 0 Å². The number of hydrogen-bond donors (Lipinski definition) is 5. The van der Waals surface area contributed by atoms with E-state index in [0.29, 0.717) is 50.0 Å². The van der Waals surface area contributed by atoms with Crippen LogP contribution in [0.15, 0.2) is 42.5 Å². The Morgan fingerprint density at radius 3 is 2.00 bits per heavy atom. The minimum absolute atomic E-state index is 0.0867. The fourth-order valence-corrected chi connectivity index (χ4v) is 6.65. The Kier molecular flexibility index (Phi) is 19.9. The second-order valence-corrected chi connectivity index (χ2v) is 14.3. The van der Waals surface area contributed by atoms with Gasteiger partial charge in [-0.2, -0.15) is 0 Å². The molecule has 0 spiro atoms. The number of nitrogens with one attached hydrogen (secondary N) is 3. The van der Waals surface area contributed by atoms with Crippen LogP contribution in [0.25, 0.3) is 0 Å². The highest BCUT2D eigenvalue weighted by Crippen LogP contribution is 2.24. The zero-order valence-electron chi connectivity index (χ0n) is 35.1. The molecule has 0 bridgehead atoms. The first-order valence-electron chi connectivity index (χ1n) is 19.7. The van der Waals surface area contributed by atoms with Crippen molar-refractivity contribution in [2.45, 2.75) is 117 Å². The summed E-state index contributed by atoms with van der Waals surface area (Å²) in [5.41, 5.74) is 7.26. The number of aliphatic hydroxyl groups is 1. The van der Waals surface area contributed by atoms with Crippen LogP contribution in [0, 0.1) is 25.5 Å². The number of esters is 1. The largest absolute Gasteiger partial charge is 0.461 e. The molecule has 326 valence electrons. The number of nitrogens with zero attached hydrogens (tertiary/aromatic N) is 3. The standard InChI is InChI=1S/C22H34N4O7.C10H13N3O2.C7H6F2.C2H6/c1-12-11-17(28)25-9-5-7-15(25)21(31)24(4)18(14(3)27)19(29)23-13(2)20(30)26-10-6-8-16(26)22(32)33-12;1-7-2-4-8(5-3-7)13-10(15)12-6-9(11)14;1-5-2-6(8)4-7(9)3-5;1-2/h12-16,18,27H,5-11H2,1-4H3,(H,23,29);2-5H,6H2,1H3,(H2,11,14)(H2,12,13,15);2-4H,1H3;1-2H3. The summed E-state index contributed by atoms with van der Waals surface area (Å²) in [5, 5.41) is 17.8. The number of likely N-dealkylation sites (N-methyl/N-ethyl adjacent to an activating group) is 1. The first-order chi connectivity index (χ1) is 27.8. The number of nitrogens with two attached hydrogens (primary N) is 1. The third kappa shape index (κ3) is 15.2. The number of carbonyl (C=O) groups excluding carboxylic acids is 7. The first-order valence-corrected chi connectivity index (χ1v) is 19.7. The molecule has 2 aromatic rings. The number of fused-ring (bicyclic) bond motifs is 2. The molecule has 0 radical (unpaired) electrons. The van der Waals surface area contributed by atoms with Crippen molar-refractivity contribution in [2.75, 3.05) is 32.0 Å². The Balaban J connectivity index is 0.000000377. The number of carbonyl (C=O) groups is 7. The van der Waals surface area contributed by atoms with Crippen molar-refractivity contribution in [3.63, 3.8) is 0 Å². The first kappa shape index (κ1) is 49.5. The highest BCUT2D eigenvalue weighted by Gasteiger charge is 2.43. The van der Waals surface area contributed by atoms with Gasteiger partial charge in [0.25, 0.3) is 0 Å². The summed E-state index contributed by atoms with van der Waals surface area (Å²) in [6.45, 7) is 12.7. The number of urea groups is 1. The molecule has 3 fully saturated rings. The number of amides is 7. The number of ether oxygens (including phenoxy) is 1. The molecule has 3 aliphatic heterocycles. The van der Waals surface area contributed by atoms with Gasteiger partial charge in [-0.3, -0.25) is 24.0 Å². The summed E-state index contributed by atoms with van der Waals surface area (Å²) in [6.07, 6.45) is 0.0980. The number of hydrogen-bond acceptors (Lipinski definition) is 9. The summed E-state index contributed by atoms with van der Waals surface area (Å²) >= 11 is 0. The molecular weight excluding hydrogens is 772 g/mol. The number of cyclic esters (lactones) is 1. The molecule has 6 unspecified atom stereocenters. The van der Waals surface area contributed by atoms with E-state index in [1.165, 1.54) is 42.8 Å². The average Bonchev–Trinajstić information content (AvgIpc) is 3.86. The summed E-state index contributed by atoms with van der Waals surface area (Å²) in [7, 11) is 1.41. The van der Waals surface area contributed by atoms with Crippen LogP contribution >= 0.6 is 0 Å². The number of aryl methyl sites for hydroxylation is 2. The van der Waals surface area contributed by atoms with Crippen molar-refractivity contribution >= 4 is 47.2 Å². The van der Waals surface area contributed by atoms with E-state index in [-0.39, 0.29) is 18.9 Å². The van der Waals surface area contributed by atoms with Gasteiger partial charge < -0.3 is 46.2 Å². The van der Waals surface area contributed by atoms with Crippen molar-refractivity contribution in [2.24, 2.45) is 5.73 Å². The normalized spacial score (nSPS) is 22.7. The predicted octanol–water partition coefficient (Wildman–Crippen LogP) is 2.92. The minimum Gasteiger partial charge on any atom is -0.461 e. The Hall–Kier alpha value is -5.65. The van der Waals surface area contributed by atoms with Gasteiger partial charge in [0, 0.05) is 31.9 Å². The molecule has 59 heavy (non-hydrogen) atoms. The van der Waals surface area contributed by atoms with Crippen molar-refractivity contribution in [1.82, 2.24) is 25.3 Å². The Labute approximate surface area is 344 Å². The molecule has 18 heteroatoms. The third-order valence-corrected chi connectivity index (χ3v) is 9.40. The van der Waals surface area contributed by atoms with Gasteiger partial charge in [0.2, 0.25) is 29.5 Å². The van der Waals surface area contributed by atoms with E-state index in [1.54, 1.807) is 26.0 Å². The van der Waals surface area contributed by atoms with Gasteiger partial charge in [0.15, 0.2) is 0 Å². The number of primary amides is 1. The van der Waals surface area contributed by atoms with Crippen LogP contribution in [0.4, 0.5) is 19.3 Å². The number of anilines is 1. The number of aliphatic hydroxyl groups excluding tert-OH is 1. The van der Waals surface area contributed by atoms with E-state index in [0.717, 1.165) is 16.5 Å². The lowest BCUT2D eigenvalue weighted by Crippen LogP contribution is -2.60. The van der Waals surface area contributed by atoms with Crippen LogP contribution < -0.4 is 21.7 Å². The number of halogens is 2. The third-order valence-electron chi connectivity index (χ3n) is 9.40. The average molecular weight is 832 g/mol. The van der Waals surface area contributed by atoms with E-state index < -0.39 is 83.6 Å². The van der Waals surface area contributed by atoms with Crippen molar-refractivity contribution in [3.05, 3.63) is 65.2 Å². The Morgan fingerprint density at radius 1 is 0.898 bits per heavy atom. The number of rotatable bonds is 4. The van der Waals surface area contributed by atoms with Gasteiger partial charge in [-0.1, -0.05) is 31.5 Å². The van der Waals surface area contributed by atoms with Crippen molar-refractivity contribution < 1.29 is 52.2 Å². The van der Waals surface area contributed by atoms with E-state index >= 15 is 0 Å². The van der Waals surface area contributed by atoms with Gasteiger partial charge in [-0.05, 0) is 90.1 Å². The van der Waals surface area contributed by atoms with Crippen LogP contribution in [0.3, 0.4) is 0 Å². The van der Waals surface area contributed by atoms with Gasteiger partial charge >= 0.3 is 12.0 Å². The van der Waals surface area contributed by atoms with Gasteiger partial charge in [-0.15, -0.1) is 0 Å². The van der Waals surface area contributed by atoms with E-state index in [2.05, 4.69) is 16.0 Å². The molecule has 3 aliphatic rings. The molecule has 2 aromatic carbocycles. The maximum Gasteiger partial charge on any atom is 0.329 e. The lowest BCUT2D eigenvalue weighted by Gasteiger charge is -2.35. The van der Waals surface area contributed by atoms with E-state index in [9.17, 15) is 47.4 Å². The quantitative estimate of drug-likeness (QED) is 0.286. The summed E-state index contributed by atoms with van der Waals surface area (Å²) in [6, 6.07) is 6.53. The molecule has 0 aliphatic carbocycles. The summed E-state index contributed by atoms with van der Waals surface area (Å²) in [4.78, 5) is 90.5. The van der Waals surface area contributed by atoms with Crippen LogP contribution in [0.5, 0.6) is 0 Å². The molecule has 16 nitrogen and oxygen atoms in total. The molecule has 7 amide bonds. The molecule has 3 saturated heterocycles. The van der Waals surface area contributed by atoms with E-state index in [4.69, 9.17) is 10.5 Å². The zero-order valence-corrected chi connectivity index (χ0v) is 35.1. The van der Waals surface area contributed by atoms with Crippen LogP contribution in [0.1, 0.15) is 77.8 Å². The smallest absolute Gasteiger partial charge is 0.329 e. The molecule has 0 saturated carbocycles. The molecule has 6 N–H and O–H groups in total. The van der Waals surface area contributed by atoms with Gasteiger partial charge in [0.05, 0.1) is 19.1 Å². The topological polar surface area (TPSA) is 221 Å². The maximum absolute atomic E-state index is 13.2. The lowest BCUT2D eigenvalue weighted by atomic mass is 10.1. The lowest BCUT2D eigenvalue weighted by molar-refractivity contribution is -0.160.